The lowest BCUT2D eigenvalue weighted by atomic mass is 10.0. The number of rotatable bonds is 7. The fraction of sp³-hybridized carbons (Fsp3) is 0.500. The first kappa shape index (κ1) is 27.0. The number of ether oxygens (including phenoxy) is 1. The average molecular weight is 494 g/mol. The summed E-state index contributed by atoms with van der Waals surface area (Å²) in [5.74, 6) is -1.79. The molecular weight excluding hydrogens is 459 g/mol. The number of nitrogens with zero attached hydrogens (tertiary/aromatic N) is 2. The summed E-state index contributed by atoms with van der Waals surface area (Å²) in [6.45, 7) is 7.45. The molecule has 0 bridgehead atoms. The van der Waals surface area contributed by atoms with Crippen molar-refractivity contribution in [3.8, 4) is 16.9 Å². The van der Waals surface area contributed by atoms with E-state index in [9.17, 15) is 13.2 Å². The van der Waals surface area contributed by atoms with E-state index in [1.54, 1.807) is 0 Å². The van der Waals surface area contributed by atoms with Crippen LogP contribution < -0.4 is 10.5 Å². The lowest BCUT2D eigenvalue weighted by molar-refractivity contribution is -0.192. The largest absolute Gasteiger partial charge is 0.492 e. The third-order valence-electron chi connectivity index (χ3n) is 6.25. The molecule has 3 N–H and O–H groups in total. The van der Waals surface area contributed by atoms with Crippen LogP contribution in [0.25, 0.3) is 11.1 Å². The number of hydrogen-bond acceptors (Lipinski definition) is 5. The number of hydrogen-bond donors (Lipinski definition) is 2. The molecule has 2 aromatic rings. The molecule has 2 saturated heterocycles. The van der Waals surface area contributed by atoms with Gasteiger partial charge in [-0.15, -0.1) is 0 Å². The van der Waals surface area contributed by atoms with Crippen molar-refractivity contribution in [1.29, 1.82) is 0 Å². The van der Waals surface area contributed by atoms with Crippen molar-refractivity contribution in [2.45, 2.75) is 44.4 Å². The molecule has 2 fully saturated rings. The minimum absolute atomic E-state index is 0.385. The maximum absolute atomic E-state index is 10.6. The lowest BCUT2D eigenvalue weighted by Gasteiger charge is -2.30. The predicted molar refractivity (Wildman–Crippen MR) is 129 cm³/mol. The Bertz CT molecular complexity index is 941. The highest BCUT2D eigenvalue weighted by atomic mass is 19.4. The first-order valence-corrected chi connectivity index (χ1v) is 12.0. The zero-order valence-electron chi connectivity index (χ0n) is 19.8. The third-order valence-corrected chi connectivity index (χ3v) is 6.25. The van der Waals surface area contributed by atoms with Crippen LogP contribution in [0.15, 0.2) is 48.5 Å². The van der Waals surface area contributed by atoms with Crippen molar-refractivity contribution in [2.24, 2.45) is 5.73 Å². The molecule has 0 aliphatic carbocycles. The summed E-state index contributed by atoms with van der Waals surface area (Å²) in [5, 5.41) is 7.12. The Hall–Kier alpha value is -2.62. The molecular formula is C26H34F3N3O3. The van der Waals surface area contributed by atoms with Gasteiger partial charge in [-0.3, -0.25) is 9.80 Å². The van der Waals surface area contributed by atoms with Gasteiger partial charge in [0.15, 0.2) is 0 Å². The zero-order chi connectivity index (χ0) is 25.3. The number of nitrogens with two attached hydrogens (primary N) is 1. The van der Waals surface area contributed by atoms with Gasteiger partial charge in [0.05, 0.1) is 0 Å². The SMILES string of the molecule is NC1CCN(Cc2cccc(-c3cccc(OCCN4CCCC4)c3)c2)CC1.O=C(O)C(F)(F)F. The average Bonchev–Trinajstić information content (AvgIpc) is 3.34. The maximum atomic E-state index is 10.6. The van der Waals surface area contributed by atoms with Gasteiger partial charge in [0.1, 0.15) is 12.4 Å². The molecule has 35 heavy (non-hydrogen) atoms. The summed E-state index contributed by atoms with van der Waals surface area (Å²) >= 11 is 0. The van der Waals surface area contributed by atoms with Crippen LogP contribution in [0.4, 0.5) is 13.2 Å². The van der Waals surface area contributed by atoms with Gasteiger partial charge < -0.3 is 15.6 Å². The van der Waals surface area contributed by atoms with Crippen LogP contribution in [-0.2, 0) is 11.3 Å². The lowest BCUT2D eigenvalue weighted by Crippen LogP contribution is -2.39. The fourth-order valence-corrected chi connectivity index (χ4v) is 4.28. The smallest absolute Gasteiger partial charge is 0.490 e. The third kappa shape index (κ3) is 9.16. The van der Waals surface area contributed by atoms with Crippen molar-refractivity contribution in [3.63, 3.8) is 0 Å². The molecule has 0 spiro atoms. The van der Waals surface area contributed by atoms with Crippen LogP contribution in [0.5, 0.6) is 5.75 Å². The van der Waals surface area contributed by atoms with Gasteiger partial charge in [-0.05, 0) is 86.8 Å². The molecule has 0 amide bonds. The molecule has 192 valence electrons. The highest BCUT2D eigenvalue weighted by Gasteiger charge is 2.38. The van der Waals surface area contributed by atoms with Crippen LogP contribution >= 0.6 is 0 Å². The molecule has 2 aromatic carbocycles. The van der Waals surface area contributed by atoms with E-state index in [0.29, 0.717) is 6.04 Å². The van der Waals surface area contributed by atoms with E-state index in [2.05, 4.69) is 58.3 Å². The first-order valence-electron chi connectivity index (χ1n) is 12.0. The number of likely N-dealkylation sites (tertiary alicyclic amines) is 2. The van der Waals surface area contributed by atoms with E-state index >= 15 is 0 Å². The normalized spacial score (nSPS) is 17.6. The minimum atomic E-state index is -5.08. The highest BCUT2D eigenvalue weighted by molar-refractivity contribution is 5.73. The summed E-state index contributed by atoms with van der Waals surface area (Å²) in [5.41, 5.74) is 9.89. The molecule has 2 heterocycles. The quantitative estimate of drug-likeness (QED) is 0.596. The monoisotopic (exact) mass is 493 g/mol. The number of carbonyl (C=O) groups is 1. The van der Waals surface area contributed by atoms with Crippen molar-refractivity contribution in [2.75, 3.05) is 39.3 Å². The van der Waals surface area contributed by atoms with E-state index in [0.717, 1.165) is 51.4 Å². The number of carboxylic acids is 1. The van der Waals surface area contributed by atoms with Gasteiger partial charge in [-0.2, -0.15) is 13.2 Å². The van der Waals surface area contributed by atoms with E-state index in [4.69, 9.17) is 20.4 Å². The summed E-state index contributed by atoms with van der Waals surface area (Å²) in [7, 11) is 0. The molecule has 0 radical (unpaired) electrons. The number of halogens is 3. The first-order chi connectivity index (χ1) is 16.7. The van der Waals surface area contributed by atoms with Gasteiger partial charge in [0, 0.05) is 19.1 Å². The highest BCUT2D eigenvalue weighted by Crippen LogP contribution is 2.25. The van der Waals surface area contributed by atoms with Crippen LogP contribution in [0.1, 0.15) is 31.2 Å². The molecule has 0 unspecified atom stereocenters. The molecule has 0 aromatic heterocycles. The Kier molecular flexibility index (Phi) is 9.94. The molecule has 2 aliphatic heterocycles. The van der Waals surface area contributed by atoms with Gasteiger partial charge in [0.25, 0.3) is 0 Å². The van der Waals surface area contributed by atoms with Gasteiger partial charge >= 0.3 is 12.1 Å². The van der Waals surface area contributed by atoms with E-state index in [1.807, 2.05) is 0 Å². The predicted octanol–water partition coefficient (Wildman–Crippen LogP) is 4.38. The van der Waals surface area contributed by atoms with Gasteiger partial charge in [-0.1, -0.05) is 30.3 Å². The van der Waals surface area contributed by atoms with Crippen LogP contribution in [0, 0.1) is 0 Å². The van der Waals surface area contributed by atoms with Crippen molar-refractivity contribution >= 4 is 5.97 Å². The standard InChI is InChI=1S/C24H33N3O.C2HF3O2/c25-23-9-13-27(14-10-23)19-20-5-3-6-21(17-20)22-7-4-8-24(18-22)28-16-15-26-11-1-2-12-26;3-2(4,5)1(6)7/h3-8,17-18,23H,1-2,9-16,19,25H2;(H,6,7). The number of alkyl halides is 3. The van der Waals surface area contributed by atoms with E-state index in [-0.39, 0.29) is 0 Å². The summed E-state index contributed by atoms with van der Waals surface area (Å²) in [6.07, 6.45) is -0.209. The Labute approximate surface area is 204 Å². The second kappa shape index (κ2) is 12.9. The topological polar surface area (TPSA) is 79.0 Å². The van der Waals surface area contributed by atoms with Crippen LogP contribution in [0.2, 0.25) is 0 Å². The Morgan fingerprint density at radius 1 is 0.971 bits per heavy atom. The second-order valence-electron chi connectivity index (χ2n) is 9.04. The van der Waals surface area contributed by atoms with Crippen molar-refractivity contribution < 1.29 is 27.8 Å². The second-order valence-corrected chi connectivity index (χ2v) is 9.04. The van der Waals surface area contributed by atoms with Crippen LogP contribution in [-0.4, -0.2) is 72.4 Å². The van der Waals surface area contributed by atoms with E-state index < -0.39 is 12.1 Å². The molecule has 0 saturated carbocycles. The number of benzene rings is 2. The molecule has 6 nitrogen and oxygen atoms in total. The number of piperidine rings is 1. The Balaban J connectivity index is 0.000000429. The molecule has 0 atom stereocenters. The van der Waals surface area contributed by atoms with Crippen molar-refractivity contribution in [3.05, 3.63) is 54.1 Å². The molecule has 9 heteroatoms. The number of carboxylic acid groups (broad SMARTS) is 1. The Morgan fingerprint density at radius 2 is 1.57 bits per heavy atom. The Morgan fingerprint density at radius 3 is 2.20 bits per heavy atom. The fourth-order valence-electron chi connectivity index (χ4n) is 4.28. The van der Waals surface area contributed by atoms with Crippen LogP contribution in [0.3, 0.4) is 0 Å². The van der Waals surface area contributed by atoms with E-state index in [1.165, 1.54) is 42.6 Å². The zero-order valence-corrected chi connectivity index (χ0v) is 19.8. The number of aliphatic carboxylic acids is 1. The van der Waals surface area contributed by atoms with Gasteiger partial charge in [0.2, 0.25) is 0 Å². The summed E-state index contributed by atoms with van der Waals surface area (Å²) in [6, 6.07) is 17.8. The molecule has 4 rings (SSSR count). The van der Waals surface area contributed by atoms with Gasteiger partial charge in [-0.25, -0.2) is 4.79 Å². The minimum Gasteiger partial charge on any atom is -0.492 e. The maximum Gasteiger partial charge on any atom is 0.490 e. The summed E-state index contributed by atoms with van der Waals surface area (Å²) < 4.78 is 37.8. The van der Waals surface area contributed by atoms with Crippen molar-refractivity contribution in [1.82, 2.24) is 9.80 Å². The summed E-state index contributed by atoms with van der Waals surface area (Å²) in [4.78, 5) is 13.9. The molecule has 2 aliphatic rings.